The fraction of sp³-hybridized carbons (Fsp3) is 1.00. The van der Waals surface area contributed by atoms with E-state index in [1.807, 2.05) is 0 Å². The highest BCUT2D eigenvalue weighted by molar-refractivity contribution is 5.85. The van der Waals surface area contributed by atoms with Gasteiger partial charge in [0.25, 0.3) is 0 Å². The normalized spacial score (nSPS) is 22.4. The molecule has 1 saturated heterocycles. The molecule has 1 rings (SSSR count). The van der Waals surface area contributed by atoms with Crippen molar-refractivity contribution in [2.75, 3.05) is 19.7 Å². The van der Waals surface area contributed by atoms with Crippen molar-refractivity contribution in [1.29, 1.82) is 0 Å². The van der Waals surface area contributed by atoms with Crippen molar-refractivity contribution in [1.82, 2.24) is 5.32 Å². The van der Waals surface area contributed by atoms with E-state index in [9.17, 15) is 5.11 Å². The number of hydrogen-bond acceptors (Lipinski definition) is 3. The van der Waals surface area contributed by atoms with Crippen LogP contribution >= 0.6 is 12.4 Å². The summed E-state index contributed by atoms with van der Waals surface area (Å²) in [7, 11) is 0. The molecular weight excluding hydrogens is 166 g/mol. The number of rotatable bonds is 2. The molecule has 1 heterocycles. The number of piperidine rings is 1. The van der Waals surface area contributed by atoms with Crippen LogP contribution in [0, 0.1) is 5.92 Å². The van der Waals surface area contributed by atoms with Gasteiger partial charge in [0, 0.05) is 0 Å². The Morgan fingerprint density at radius 3 is 2.36 bits per heavy atom. The summed E-state index contributed by atoms with van der Waals surface area (Å²) >= 11 is 0. The Kier molecular flexibility index (Phi) is 5.86. The highest BCUT2D eigenvalue weighted by Crippen LogP contribution is 2.15. The standard InChI is InChI=1S/C7H15NO2.ClH/c9-5-7(10)6-1-3-8-4-2-6;/h6-10H,1-5H2;1H/t7-;/m1./s1. The fourth-order valence-electron chi connectivity index (χ4n) is 1.38. The predicted molar refractivity (Wildman–Crippen MR) is 45.9 cm³/mol. The van der Waals surface area contributed by atoms with Gasteiger partial charge in [-0.15, -0.1) is 12.4 Å². The minimum absolute atomic E-state index is 0. The summed E-state index contributed by atoms with van der Waals surface area (Å²) in [5.41, 5.74) is 0. The van der Waals surface area contributed by atoms with E-state index < -0.39 is 6.10 Å². The number of aliphatic hydroxyl groups excluding tert-OH is 2. The Bertz CT molecular complexity index is 96.4. The first-order valence-electron chi connectivity index (χ1n) is 3.84. The Hall–Kier alpha value is 0.170. The number of halogens is 1. The van der Waals surface area contributed by atoms with Gasteiger partial charge < -0.3 is 15.5 Å². The van der Waals surface area contributed by atoms with E-state index in [0.717, 1.165) is 25.9 Å². The summed E-state index contributed by atoms with van der Waals surface area (Å²) in [6.07, 6.45) is 1.48. The average molecular weight is 182 g/mol. The number of hydrogen-bond donors (Lipinski definition) is 3. The lowest BCUT2D eigenvalue weighted by Gasteiger charge is -2.25. The lowest BCUT2D eigenvalue weighted by molar-refractivity contribution is 0.0352. The van der Waals surface area contributed by atoms with Crippen molar-refractivity contribution >= 4 is 12.4 Å². The van der Waals surface area contributed by atoms with Crippen LogP contribution in [-0.2, 0) is 0 Å². The van der Waals surface area contributed by atoms with Crippen LogP contribution in [0.15, 0.2) is 0 Å². The quantitative estimate of drug-likeness (QED) is 0.551. The molecule has 3 N–H and O–H groups in total. The molecule has 11 heavy (non-hydrogen) atoms. The van der Waals surface area contributed by atoms with Gasteiger partial charge in [0.2, 0.25) is 0 Å². The molecule has 3 nitrogen and oxygen atoms in total. The Labute approximate surface area is 73.2 Å². The maximum absolute atomic E-state index is 9.20. The van der Waals surface area contributed by atoms with E-state index in [4.69, 9.17) is 5.11 Å². The highest BCUT2D eigenvalue weighted by Gasteiger charge is 2.19. The summed E-state index contributed by atoms with van der Waals surface area (Å²) in [5.74, 6) is 0.311. The summed E-state index contributed by atoms with van der Waals surface area (Å²) in [6, 6.07) is 0. The largest absolute Gasteiger partial charge is 0.394 e. The number of aliphatic hydroxyl groups is 2. The Morgan fingerprint density at radius 2 is 1.91 bits per heavy atom. The molecule has 68 valence electrons. The Morgan fingerprint density at radius 1 is 1.36 bits per heavy atom. The summed E-state index contributed by atoms with van der Waals surface area (Å²) in [4.78, 5) is 0. The minimum Gasteiger partial charge on any atom is -0.394 e. The third-order valence-corrected chi connectivity index (χ3v) is 2.12. The third kappa shape index (κ3) is 3.38. The van der Waals surface area contributed by atoms with Gasteiger partial charge in [-0.25, -0.2) is 0 Å². The van der Waals surface area contributed by atoms with E-state index in [1.54, 1.807) is 0 Å². The van der Waals surface area contributed by atoms with E-state index >= 15 is 0 Å². The molecule has 0 saturated carbocycles. The van der Waals surface area contributed by atoms with Crippen LogP contribution in [0.5, 0.6) is 0 Å². The summed E-state index contributed by atoms with van der Waals surface area (Å²) in [5, 5.41) is 21.0. The lowest BCUT2D eigenvalue weighted by atomic mass is 9.93. The molecule has 0 amide bonds. The molecule has 0 aromatic heterocycles. The molecule has 0 aromatic carbocycles. The second kappa shape index (κ2) is 5.77. The lowest BCUT2D eigenvalue weighted by Crippen LogP contribution is -2.35. The van der Waals surface area contributed by atoms with Crippen LogP contribution in [0.25, 0.3) is 0 Å². The zero-order valence-corrected chi connectivity index (χ0v) is 7.31. The minimum atomic E-state index is -0.498. The first-order chi connectivity index (χ1) is 4.84. The van der Waals surface area contributed by atoms with Gasteiger partial charge in [0.1, 0.15) is 0 Å². The molecule has 0 spiro atoms. The second-order valence-corrected chi connectivity index (χ2v) is 2.84. The topological polar surface area (TPSA) is 52.5 Å². The zero-order chi connectivity index (χ0) is 7.40. The van der Waals surface area contributed by atoms with Gasteiger partial charge in [-0.3, -0.25) is 0 Å². The SMILES string of the molecule is Cl.OC[C@@H](O)C1CCNCC1. The predicted octanol–water partition coefficient (Wildman–Crippen LogP) is -0.239. The smallest absolute Gasteiger partial charge is 0.0799 e. The maximum atomic E-state index is 9.20. The zero-order valence-electron chi connectivity index (χ0n) is 6.49. The molecule has 0 aromatic rings. The first kappa shape index (κ1) is 11.2. The van der Waals surface area contributed by atoms with Gasteiger partial charge in [-0.1, -0.05) is 0 Å². The molecule has 1 aliphatic rings. The van der Waals surface area contributed by atoms with Crippen LogP contribution in [0.1, 0.15) is 12.8 Å². The molecule has 1 fully saturated rings. The monoisotopic (exact) mass is 181 g/mol. The first-order valence-corrected chi connectivity index (χ1v) is 3.84. The molecule has 1 atom stereocenters. The van der Waals surface area contributed by atoms with E-state index in [2.05, 4.69) is 5.32 Å². The van der Waals surface area contributed by atoms with Crippen molar-refractivity contribution in [3.63, 3.8) is 0 Å². The van der Waals surface area contributed by atoms with Gasteiger partial charge >= 0.3 is 0 Å². The van der Waals surface area contributed by atoms with E-state index in [1.165, 1.54) is 0 Å². The highest BCUT2D eigenvalue weighted by atomic mass is 35.5. The second-order valence-electron chi connectivity index (χ2n) is 2.84. The van der Waals surface area contributed by atoms with Gasteiger partial charge in [0.05, 0.1) is 12.7 Å². The van der Waals surface area contributed by atoms with Crippen LogP contribution < -0.4 is 5.32 Å². The number of nitrogens with one attached hydrogen (secondary N) is 1. The van der Waals surface area contributed by atoms with Crippen molar-refractivity contribution in [3.05, 3.63) is 0 Å². The van der Waals surface area contributed by atoms with Crippen molar-refractivity contribution < 1.29 is 10.2 Å². The molecule has 0 bridgehead atoms. The van der Waals surface area contributed by atoms with Crippen molar-refractivity contribution in [3.8, 4) is 0 Å². The molecular formula is C7H16ClNO2. The van der Waals surface area contributed by atoms with Gasteiger partial charge in [-0.05, 0) is 31.8 Å². The van der Waals surface area contributed by atoms with Gasteiger partial charge in [0.15, 0.2) is 0 Å². The maximum Gasteiger partial charge on any atom is 0.0799 e. The third-order valence-electron chi connectivity index (χ3n) is 2.12. The molecule has 0 radical (unpaired) electrons. The molecule has 1 aliphatic heterocycles. The molecule has 4 heteroatoms. The van der Waals surface area contributed by atoms with Crippen LogP contribution in [0.4, 0.5) is 0 Å². The molecule has 0 aliphatic carbocycles. The summed E-state index contributed by atoms with van der Waals surface area (Å²) < 4.78 is 0. The van der Waals surface area contributed by atoms with E-state index in [-0.39, 0.29) is 19.0 Å². The summed E-state index contributed by atoms with van der Waals surface area (Å²) in [6.45, 7) is 1.86. The van der Waals surface area contributed by atoms with Gasteiger partial charge in [-0.2, -0.15) is 0 Å². The average Bonchev–Trinajstić information content (AvgIpc) is 2.05. The Balaban J connectivity index is 0.000001000. The van der Waals surface area contributed by atoms with Crippen LogP contribution in [-0.4, -0.2) is 36.0 Å². The molecule has 0 unspecified atom stereocenters. The van der Waals surface area contributed by atoms with Crippen molar-refractivity contribution in [2.45, 2.75) is 18.9 Å². The van der Waals surface area contributed by atoms with Crippen molar-refractivity contribution in [2.24, 2.45) is 5.92 Å². The fourth-order valence-corrected chi connectivity index (χ4v) is 1.38. The van der Waals surface area contributed by atoms with E-state index in [0.29, 0.717) is 5.92 Å². The van der Waals surface area contributed by atoms with Crippen LogP contribution in [0.3, 0.4) is 0 Å². The van der Waals surface area contributed by atoms with Crippen LogP contribution in [0.2, 0.25) is 0 Å².